The molecule has 3 heterocycles. The molecule has 150 valence electrons. The third-order valence-electron chi connectivity index (χ3n) is 4.64. The molecule has 0 unspecified atom stereocenters. The Balaban J connectivity index is 2.06. The maximum absolute atomic E-state index is 14.2. The molecule has 0 spiro atoms. The molecule has 3 rings (SSSR count). The summed E-state index contributed by atoms with van der Waals surface area (Å²) in [6.45, 7) is 7.32. The average Bonchev–Trinajstić information content (AvgIpc) is 3.07. The third-order valence-corrected chi connectivity index (χ3v) is 4.84. The minimum Gasteiger partial charge on any atom is -0.465 e. The van der Waals surface area contributed by atoms with Gasteiger partial charge in [-0.2, -0.15) is 5.10 Å². The molecule has 8 nitrogen and oxygen atoms in total. The minimum atomic E-state index is -0.813. The fraction of sp³-hybridized carbons (Fsp3) is 0.444. The molecule has 2 aromatic heterocycles. The van der Waals surface area contributed by atoms with Gasteiger partial charge in [0.15, 0.2) is 17.5 Å². The predicted molar refractivity (Wildman–Crippen MR) is 101 cm³/mol. The second-order valence-corrected chi connectivity index (χ2v) is 7.27. The first-order valence-electron chi connectivity index (χ1n) is 8.78. The van der Waals surface area contributed by atoms with Gasteiger partial charge in [-0.15, -0.1) is 0 Å². The van der Waals surface area contributed by atoms with Crippen molar-refractivity contribution in [3.05, 3.63) is 34.9 Å². The Kier molecular flexibility index (Phi) is 5.29. The van der Waals surface area contributed by atoms with Gasteiger partial charge in [0.25, 0.3) is 0 Å². The zero-order valence-corrected chi connectivity index (χ0v) is 16.8. The first-order chi connectivity index (χ1) is 13.1. The lowest BCUT2D eigenvalue weighted by molar-refractivity contribution is -0.144. The number of carbonyl (C=O) groups excluding carboxylic acids is 2. The van der Waals surface area contributed by atoms with Crippen molar-refractivity contribution in [3.8, 4) is 0 Å². The van der Waals surface area contributed by atoms with Crippen molar-refractivity contribution in [1.29, 1.82) is 0 Å². The topological polar surface area (TPSA) is 89.3 Å². The first-order valence-corrected chi connectivity index (χ1v) is 9.16. The summed E-state index contributed by atoms with van der Waals surface area (Å²) in [6, 6.07) is 2.86. The van der Waals surface area contributed by atoms with Gasteiger partial charge in [0.1, 0.15) is 6.54 Å². The molecule has 0 saturated carbocycles. The number of hydrogen-bond acceptors (Lipinski definition) is 6. The molecule has 0 atom stereocenters. The minimum absolute atomic E-state index is 0.0111. The molecule has 0 fully saturated rings. The molecule has 0 aromatic carbocycles. The molecule has 1 aliphatic rings. The van der Waals surface area contributed by atoms with Crippen LogP contribution in [0.3, 0.4) is 0 Å². The van der Waals surface area contributed by atoms with Crippen LogP contribution in [0, 0.1) is 12.7 Å². The molecule has 10 heteroatoms. The number of aryl methyl sites for hydroxylation is 1. The van der Waals surface area contributed by atoms with Crippen molar-refractivity contribution in [1.82, 2.24) is 19.7 Å². The van der Waals surface area contributed by atoms with E-state index in [0.29, 0.717) is 22.8 Å². The Morgan fingerprint density at radius 1 is 1.36 bits per heavy atom. The number of halogens is 2. The highest BCUT2D eigenvalue weighted by atomic mass is 35.5. The summed E-state index contributed by atoms with van der Waals surface area (Å²) in [6.07, 6.45) is 0. The van der Waals surface area contributed by atoms with E-state index in [1.807, 2.05) is 0 Å². The van der Waals surface area contributed by atoms with Crippen molar-refractivity contribution >= 4 is 34.6 Å². The summed E-state index contributed by atoms with van der Waals surface area (Å²) in [5.41, 5.74) is 1.09. The van der Waals surface area contributed by atoms with E-state index in [1.54, 1.807) is 33.8 Å². The van der Waals surface area contributed by atoms with Crippen molar-refractivity contribution in [3.63, 3.8) is 0 Å². The van der Waals surface area contributed by atoms with Gasteiger partial charge < -0.3 is 15.0 Å². The van der Waals surface area contributed by atoms with Crippen molar-refractivity contribution in [2.24, 2.45) is 0 Å². The number of ether oxygens (including phenoxy) is 1. The number of nitrogens with zero attached hydrogens (tertiary/aromatic N) is 4. The van der Waals surface area contributed by atoms with Gasteiger partial charge in [-0.25, -0.2) is 9.37 Å². The smallest absolute Gasteiger partial charge is 0.327 e. The molecule has 2 aromatic rings. The van der Waals surface area contributed by atoms with E-state index in [2.05, 4.69) is 15.4 Å². The van der Waals surface area contributed by atoms with Crippen LogP contribution in [0.1, 0.15) is 37.7 Å². The van der Waals surface area contributed by atoms with Crippen molar-refractivity contribution < 1.29 is 18.7 Å². The van der Waals surface area contributed by atoms with Crippen molar-refractivity contribution in [2.75, 3.05) is 11.9 Å². The highest BCUT2D eigenvalue weighted by Crippen LogP contribution is 2.43. The molecule has 1 N–H and O–H groups in total. The largest absolute Gasteiger partial charge is 0.465 e. The monoisotopic (exact) mass is 409 g/mol. The lowest BCUT2D eigenvalue weighted by Crippen LogP contribution is -2.39. The zero-order chi connectivity index (χ0) is 20.6. The maximum Gasteiger partial charge on any atom is 0.327 e. The Bertz CT molecular complexity index is 944. The first kappa shape index (κ1) is 20.1. The summed E-state index contributed by atoms with van der Waals surface area (Å²) in [5, 5.41) is 6.68. The molecule has 0 saturated heterocycles. The predicted octanol–water partition coefficient (Wildman–Crippen LogP) is 3.44. The molecule has 0 radical (unpaired) electrons. The summed E-state index contributed by atoms with van der Waals surface area (Å²) in [4.78, 5) is 29.5. The van der Waals surface area contributed by atoms with Crippen LogP contribution in [0.2, 0.25) is 0 Å². The van der Waals surface area contributed by atoms with Gasteiger partial charge in [0.05, 0.1) is 24.4 Å². The van der Waals surface area contributed by atoms with Crippen LogP contribution in [0.25, 0.3) is 0 Å². The Morgan fingerprint density at radius 2 is 2.07 bits per heavy atom. The van der Waals surface area contributed by atoms with E-state index in [9.17, 15) is 14.0 Å². The van der Waals surface area contributed by atoms with E-state index in [-0.39, 0.29) is 25.5 Å². The van der Waals surface area contributed by atoms with E-state index < -0.39 is 22.7 Å². The van der Waals surface area contributed by atoms with E-state index in [0.717, 1.165) is 0 Å². The Hall–Kier alpha value is -2.68. The summed E-state index contributed by atoms with van der Waals surface area (Å²) in [5.74, 6) is -0.686. The standard InChI is InChI=1S/C18H21ClFN5O3/c1-5-28-13(26)9-25-14-11(8-24(17(19)27)18(14,3)4)15(23-25)22-16-12(20)7-6-10(2)21-16/h6-7H,5,8-9H2,1-4H3,(H,21,22,23). The second kappa shape index (κ2) is 7.38. The number of carbonyl (C=O) groups is 2. The number of pyridine rings is 1. The molecule has 1 aliphatic heterocycles. The number of rotatable bonds is 5. The molecule has 1 amide bonds. The molecular weight excluding hydrogens is 389 g/mol. The van der Waals surface area contributed by atoms with Crippen LogP contribution in [-0.4, -0.2) is 37.6 Å². The number of hydrogen-bond donors (Lipinski definition) is 1. The van der Waals surface area contributed by atoms with Gasteiger partial charge in [0.2, 0.25) is 0 Å². The van der Waals surface area contributed by atoms with E-state index >= 15 is 0 Å². The van der Waals surface area contributed by atoms with Gasteiger partial charge >= 0.3 is 11.3 Å². The number of amides is 1. The molecule has 0 aliphatic carbocycles. The molecule has 0 bridgehead atoms. The SMILES string of the molecule is CCOC(=O)Cn1nc(Nc2nc(C)ccc2F)c2c1C(C)(C)N(C(=O)Cl)C2. The van der Waals surface area contributed by atoms with Crippen LogP contribution in [-0.2, 0) is 28.2 Å². The van der Waals surface area contributed by atoms with Gasteiger partial charge in [-0.05, 0) is 51.4 Å². The number of esters is 1. The third kappa shape index (κ3) is 3.54. The number of fused-ring (bicyclic) bond motifs is 1. The lowest BCUT2D eigenvalue weighted by Gasteiger charge is -2.31. The van der Waals surface area contributed by atoms with Crippen LogP contribution in [0.5, 0.6) is 0 Å². The van der Waals surface area contributed by atoms with Crippen LogP contribution < -0.4 is 5.32 Å². The van der Waals surface area contributed by atoms with E-state index in [1.165, 1.54) is 15.6 Å². The summed E-state index contributed by atoms with van der Waals surface area (Å²) < 4.78 is 20.6. The maximum atomic E-state index is 14.2. The fourth-order valence-corrected chi connectivity index (χ4v) is 3.65. The van der Waals surface area contributed by atoms with Crippen LogP contribution >= 0.6 is 11.6 Å². The Morgan fingerprint density at radius 3 is 2.71 bits per heavy atom. The normalized spacial score (nSPS) is 14.7. The zero-order valence-electron chi connectivity index (χ0n) is 16.0. The molecule has 28 heavy (non-hydrogen) atoms. The number of anilines is 2. The van der Waals surface area contributed by atoms with Crippen molar-refractivity contribution in [2.45, 2.75) is 46.3 Å². The second-order valence-electron chi connectivity index (χ2n) is 6.94. The Labute approximate surface area is 166 Å². The number of aromatic nitrogens is 3. The van der Waals surface area contributed by atoms with Gasteiger partial charge in [-0.3, -0.25) is 14.3 Å². The average molecular weight is 410 g/mol. The fourth-order valence-electron chi connectivity index (χ4n) is 3.38. The van der Waals surface area contributed by atoms with Crippen LogP contribution in [0.15, 0.2) is 12.1 Å². The van der Waals surface area contributed by atoms with E-state index in [4.69, 9.17) is 16.3 Å². The summed E-state index contributed by atoms with van der Waals surface area (Å²) >= 11 is 5.75. The lowest BCUT2D eigenvalue weighted by atomic mass is 10.0. The van der Waals surface area contributed by atoms with Gasteiger partial charge in [0, 0.05) is 11.3 Å². The van der Waals surface area contributed by atoms with Crippen LogP contribution in [0.4, 0.5) is 20.8 Å². The highest BCUT2D eigenvalue weighted by molar-refractivity contribution is 6.62. The van der Waals surface area contributed by atoms with Gasteiger partial charge in [-0.1, -0.05) is 0 Å². The summed E-state index contributed by atoms with van der Waals surface area (Å²) in [7, 11) is 0. The number of nitrogens with one attached hydrogen (secondary N) is 1. The molecular formula is C18H21ClFN5O3. The highest BCUT2D eigenvalue weighted by Gasteiger charge is 2.45. The quantitative estimate of drug-likeness (QED) is 0.462.